The second-order valence-corrected chi connectivity index (χ2v) is 7.42. The highest BCUT2D eigenvalue weighted by atomic mass is 19.4. The SMILES string of the molecule is NCc1ccccc1-c1ccc(C(=O)N2CCc3n[nH]c(=O)cc3C2)cc1.O=C(O)C(F)(F)F. The van der Waals surface area contributed by atoms with Crippen LogP contribution < -0.4 is 11.3 Å². The zero-order chi connectivity index (χ0) is 24.9. The number of nitrogens with two attached hydrogens (primary N) is 1. The maximum Gasteiger partial charge on any atom is 0.490 e. The van der Waals surface area contributed by atoms with Crippen molar-refractivity contribution in [1.29, 1.82) is 0 Å². The number of benzene rings is 2. The molecule has 0 unspecified atom stereocenters. The normalized spacial score (nSPS) is 12.9. The summed E-state index contributed by atoms with van der Waals surface area (Å²) >= 11 is 0. The predicted octanol–water partition coefficient (Wildman–Crippen LogP) is 2.73. The van der Waals surface area contributed by atoms with Crippen LogP contribution in [-0.2, 0) is 24.3 Å². The van der Waals surface area contributed by atoms with E-state index in [2.05, 4.69) is 10.2 Å². The molecule has 8 nitrogen and oxygen atoms in total. The van der Waals surface area contributed by atoms with Gasteiger partial charge in [0.05, 0.1) is 5.69 Å². The molecule has 4 rings (SSSR count). The summed E-state index contributed by atoms with van der Waals surface area (Å²) in [5, 5.41) is 13.6. The molecule has 0 bridgehead atoms. The summed E-state index contributed by atoms with van der Waals surface area (Å²) in [7, 11) is 0. The van der Waals surface area contributed by atoms with Gasteiger partial charge < -0.3 is 15.7 Å². The number of aliphatic carboxylic acids is 1. The van der Waals surface area contributed by atoms with Crippen molar-refractivity contribution < 1.29 is 27.9 Å². The number of alkyl halides is 3. The second-order valence-electron chi connectivity index (χ2n) is 7.42. The van der Waals surface area contributed by atoms with Crippen LogP contribution in [0.1, 0.15) is 27.2 Å². The maximum absolute atomic E-state index is 12.9. The Morgan fingerprint density at radius 1 is 1.12 bits per heavy atom. The molecule has 1 aliphatic heterocycles. The molecule has 0 saturated carbocycles. The van der Waals surface area contributed by atoms with Gasteiger partial charge in [-0.15, -0.1) is 0 Å². The van der Waals surface area contributed by atoms with Crippen molar-refractivity contribution in [2.75, 3.05) is 6.54 Å². The lowest BCUT2D eigenvalue weighted by molar-refractivity contribution is -0.192. The highest BCUT2D eigenvalue weighted by Gasteiger charge is 2.38. The minimum atomic E-state index is -5.08. The second kappa shape index (κ2) is 10.3. The van der Waals surface area contributed by atoms with Crippen LogP contribution in [0.5, 0.6) is 0 Å². The molecule has 34 heavy (non-hydrogen) atoms. The molecule has 3 aromatic rings. The number of aromatic amines is 1. The van der Waals surface area contributed by atoms with E-state index in [-0.39, 0.29) is 11.5 Å². The largest absolute Gasteiger partial charge is 0.490 e. The zero-order valence-corrected chi connectivity index (χ0v) is 17.8. The van der Waals surface area contributed by atoms with Gasteiger partial charge in [-0.1, -0.05) is 36.4 Å². The Morgan fingerprint density at radius 2 is 1.76 bits per heavy atom. The summed E-state index contributed by atoms with van der Waals surface area (Å²) in [6.07, 6.45) is -4.44. The van der Waals surface area contributed by atoms with E-state index >= 15 is 0 Å². The number of carboxylic acids is 1. The summed E-state index contributed by atoms with van der Waals surface area (Å²) < 4.78 is 31.7. The molecule has 2 heterocycles. The standard InChI is InChI=1S/C21H20N4O2.C2HF3O2/c22-12-16-3-1-2-4-18(16)14-5-7-15(8-6-14)21(27)25-10-9-19-17(13-25)11-20(26)24-23-19;3-2(4,5)1(6)7/h1-8,11H,9-10,12-13,22H2,(H,24,26);(H,6,7). The average Bonchev–Trinajstić information content (AvgIpc) is 2.83. The molecular formula is C23H21F3N4O4. The van der Waals surface area contributed by atoms with Crippen LogP contribution in [0.15, 0.2) is 59.4 Å². The monoisotopic (exact) mass is 474 g/mol. The average molecular weight is 474 g/mol. The number of halogens is 3. The Morgan fingerprint density at radius 3 is 2.38 bits per heavy atom. The first-order valence-electron chi connectivity index (χ1n) is 10.2. The first-order valence-corrected chi connectivity index (χ1v) is 10.2. The van der Waals surface area contributed by atoms with Crippen molar-refractivity contribution >= 4 is 11.9 Å². The van der Waals surface area contributed by atoms with Crippen LogP contribution in [0.2, 0.25) is 0 Å². The number of rotatable bonds is 3. The van der Waals surface area contributed by atoms with Gasteiger partial charge in [-0.25, -0.2) is 9.89 Å². The molecule has 0 spiro atoms. The topological polar surface area (TPSA) is 129 Å². The van der Waals surface area contributed by atoms with Crippen molar-refractivity contribution in [3.05, 3.63) is 87.3 Å². The zero-order valence-electron chi connectivity index (χ0n) is 17.8. The summed E-state index contributed by atoms with van der Waals surface area (Å²) in [5.74, 6) is -2.80. The molecule has 11 heteroatoms. The first-order chi connectivity index (χ1) is 16.1. The summed E-state index contributed by atoms with van der Waals surface area (Å²) in [6.45, 7) is 1.46. The quantitative estimate of drug-likeness (QED) is 0.535. The van der Waals surface area contributed by atoms with Crippen molar-refractivity contribution in [3.63, 3.8) is 0 Å². The fraction of sp³-hybridized carbons (Fsp3) is 0.217. The van der Waals surface area contributed by atoms with Gasteiger partial charge in [0.1, 0.15) is 0 Å². The van der Waals surface area contributed by atoms with Crippen LogP contribution in [0.3, 0.4) is 0 Å². The van der Waals surface area contributed by atoms with Crippen LogP contribution in [-0.4, -0.2) is 44.8 Å². The lowest BCUT2D eigenvalue weighted by Crippen LogP contribution is -2.37. The fourth-order valence-electron chi connectivity index (χ4n) is 3.48. The molecule has 1 aliphatic rings. The van der Waals surface area contributed by atoms with E-state index in [0.29, 0.717) is 31.6 Å². The first kappa shape index (κ1) is 24.6. The van der Waals surface area contributed by atoms with Crippen LogP contribution in [0, 0.1) is 0 Å². The van der Waals surface area contributed by atoms with E-state index in [1.165, 1.54) is 6.07 Å². The molecule has 0 radical (unpaired) electrons. The van der Waals surface area contributed by atoms with Gasteiger partial charge in [-0.05, 0) is 28.8 Å². The lowest BCUT2D eigenvalue weighted by Gasteiger charge is -2.28. The summed E-state index contributed by atoms with van der Waals surface area (Å²) in [4.78, 5) is 35.0. The third kappa shape index (κ3) is 5.87. The van der Waals surface area contributed by atoms with Gasteiger partial charge in [0.15, 0.2) is 0 Å². The Hall–Kier alpha value is -3.99. The number of amides is 1. The third-order valence-corrected chi connectivity index (χ3v) is 5.17. The Kier molecular flexibility index (Phi) is 7.47. The van der Waals surface area contributed by atoms with Gasteiger partial charge in [-0.2, -0.15) is 18.3 Å². The van der Waals surface area contributed by atoms with E-state index < -0.39 is 12.1 Å². The fourth-order valence-corrected chi connectivity index (χ4v) is 3.48. The molecular weight excluding hydrogens is 453 g/mol. The van der Waals surface area contributed by atoms with Gasteiger partial charge in [-0.3, -0.25) is 9.59 Å². The minimum Gasteiger partial charge on any atom is -0.475 e. The smallest absolute Gasteiger partial charge is 0.475 e. The van der Waals surface area contributed by atoms with Crippen molar-refractivity contribution in [2.24, 2.45) is 5.73 Å². The molecule has 178 valence electrons. The molecule has 1 aromatic heterocycles. The number of hydrogen-bond acceptors (Lipinski definition) is 5. The number of nitrogens with zero attached hydrogens (tertiary/aromatic N) is 2. The van der Waals surface area contributed by atoms with E-state index in [9.17, 15) is 22.8 Å². The van der Waals surface area contributed by atoms with E-state index in [0.717, 1.165) is 27.9 Å². The Balaban J connectivity index is 0.000000406. The van der Waals surface area contributed by atoms with Crippen molar-refractivity contribution in [2.45, 2.75) is 25.7 Å². The van der Waals surface area contributed by atoms with Crippen LogP contribution in [0.4, 0.5) is 13.2 Å². The summed E-state index contributed by atoms with van der Waals surface area (Å²) in [5.41, 5.74) is 11.1. The van der Waals surface area contributed by atoms with Gasteiger partial charge >= 0.3 is 12.1 Å². The van der Waals surface area contributed by atoms with E-state index in [1.807, 2.05) is 48.5 Å². The highest BCUT2D eigenvalue weighted by Crippen LogP contribution is 2.25. The number of carboxylic acid groups (broad SMARTS) is 1. The molecule has 0 fully saturated rings. The molecule has 0 atom stereocenters. The van der Waals surface area contributed by atoms with E-state index in [4.69, 9.17) is 15.6 Å². The highest BCUT2D eigenvalue weighted by molar-refractivity contribution is 5.95. The van der Waals surface area contributed by atoms with E-state index in [1.54, 1.807) is 4.90 Å². The molecule has 4 N–H and O–H groups in total. The molecule has 1 amide bonds. The summed E-state index contributed by atoms with van der Waals surface area (Å²) in [6, 6.07) is 17.1. The number of carbonyl (C=O) groups excluding carboxylic acids is 1. The number of H-pyrrole nitrogens is 1. The Bertz CT molecular complexity index is 1240. The minimum absolute atomic E-state index is 0.0420. The van der Waals surface area contributed by atoms with Gasteiger partial charge in [0.25, 0.3) is 11.5 Å². The maximum atomic E-state index is 12.9. The van der Waals surface area contributed by atoms with Crippen molar-refractivity contribution in [3.8, 4) is 11.1 Å². The number of hydrogen-bond donors (Lipinski definition) is 3. The molecule has 2 aromatic carbocycles. The third-order valence-electron chi connectivity index (χ3n) is 5.17. The number of aromatic nitrogens is 2. The molecule has 0 saturated heterocycles. The number of nitrogens with one attached hydrogen (secondary N) is 1. The molecule has 0 aliphatic carbocycles. The Labute approximate surface area is 191 Å². The van der Waals surface area contributed by atoms with Crippen LogP contribution >= 0.6 is 0 Å². The van der Waals surface area contributed by atoms with Gasteiger partial charge in [0.2, 0.25) is 0 Å². The van der Waals surface area contributed by atoms with Crippen LogP contribution in [0.25, 0.3) is 11.1 Å². The van der Waals surface area contributed by atoms with Gasteiger partial charge in [0, 0.05) is 43.2 Å². The number of carbonyl (C=O) groups is 2. The van der Waals surface area contributed by atoms with Crippen molar-refractivity contribution in [1.82, 2.24) is 15.1 Å². The lowest BCUT2D eigenvalue weighted by atomic mass is 9.98. The predicted molar refractivity (Wildman–Crippen MR) is 117 cm³/mol. The number of fused-ring (bicyclic) bond motifs is 1.